The van der Waals surface area contributed by atoms with Crippen LogP contribution in [-0.2, 0) is 16.4 Å². The number of benzene rings is 2. The highest BCUT2D eigenvalue weighted by atomic mass is 32.2. The van der Waals surface area contributed by atoms with E-state index >= 15 is 0 Å². The first-order chi connectivity index (χ1) is 12.0. The van der Waals surface area contributed by atoms with Crippen molar-refractivity contribution < 1.29 is 13.2 Å². The van der Waals surface area contributed by atoms with Gasteiger partial charge in [0.1, 0.15) is 0 Å². The second-order valence-electron chi connectivity index (χ2n) is 6.27. The number of sulfonamides is 1. The van der Waals surface area contributed by atoms with Crippen molar-refractivity contribution in [2.45, 2.75) is 30.6 Å². The van der Waals surface area contributed by atoms with Crippen LogP contribution < -0.4 is 5.73 Å². The molecule has 1 aliphatic heterocycles. The molecule has 1 amide bonds. The van der Waals surface area contributed by atoms with Crippen molar-refractivity contribution in [1.82, 2.24) is 4.31 Å². The predicted octanol–water partition coefficient (Wildman–Crippen LogP) is 2.55. The van der Waals surface area contributed by atoms with Gasteiger partial charge in [0.2, 0.25) is 15.9 Å². The van der Waals surface area contributed by atoms with Crippen LogP contribution in [0.1, 0.15) is 40.7 Å². The van der Waals surface area contributed by atoms with E-state index in [0.29, 0.717) is 25.1 Å². The van der Waals surface area contributed by atoms with Crippen LogP contribution in [0.4, 0.5) is 0 Å². The van der Waals surface area contributed by atoms with E-state index in [0.717, 1.165) is 24.8 Å². The molecule has 5 nitrogen and oxygen atoms in total. The van der Waals surface area contributed by atoms with Gasteiger partial charge in [-0.2, -0.15) is 4.31 Å². The van der Waals surface area contributed by atoms with Gasteiger partial charge in [-0.05, 0) is 42.5 Å². The van der Waals surface area contributed by atoms with Crippen LogP contribution in [0.15, 0.2) is 53.4 Å². The minimum absolute atomic E-state index is 0.189. The lowest BCUT2D eigenvalue weighted by atomic mass is 9.99. The number of primary amides is 1. The third-order valence-corrected chi connectivity index (χ3v) is 6.54. The van der Waals surface area contributed by atoms with E-state index < -0.39 is 15.9 Å². The highest BCUT2D eigenvalue weighted by Crippen LogP contribution is 2.27. The number of piperidine rings is 1. The zero-order chi connectivity index (χ0) is 17.9. The predicted molar refractivity (Wildman–Crippen MR) is 96.8 cm³/mol. The van der Waals surface area contributed by atoms with Crippen LogP contribution in [0.5, 0.6) is 0 Å². The second-order valence-corrected chi connectivity index (χ2v) is 8.18. The molecule has 3 rings (SSSR count). The minimum atomic E-state index is -3.64. The van der Waals surface area contributed by atoms with E-state index in [9.17, 15) is 13.2 Å². The Labute approximate surface area is 148 Å². The maximum Gasteiger partial charge on any atom is 0.249 e. The summed E-state index contributed by atoms with van der Waals surface area (Å²) in [5, 5.41) is 0. The number of amides is 1. The summed E-state index contributed by atoms with van der Waals surface area (Å²) >= 11 is 0. The summed E-state index contributed by atoms with van der Waals surface area (Å²) in [6, 6.07) is 14.3. The van der Waals surface area contributed by atoms with Gasteiger partial charge in [-0.15, -0.1) is 0 Å². The Hall–Kier alpha value is -2.18. The molecule has 25 heavy (non-hydrogen) atoms. The van der Waals surface area contributed by atoms with Crippen LogP contribution in [-0.4, -0.2) is 31.7 Å². The molecule has 2 aromatic rings. The van der Waals surface area contributed by atoms with Gasteiger partial charge < -0.3 is 5.73 Å². The Bertz CT molecular complexity index is 857. The zero-order valence-electron chi connectivity index (χ0n) is 14.0. The highest BCUT2D eigenvalue weighted by molar-refractivity contribution is 7.89. The lowest BCUT2D eigenvalue weighted by molar-refractivity contribution is 0.0999. The average Bonchev–Trinajstić information content (AvgIpc) is 2.63. The molecule has 6 heteroatoms. The number of rotatable bonds is 5. The van der Waals surface area contributed by atoms with Gasteiger partial charge in [0, 0.05) is 18.7 Å². The van der Waals surface area contributed by atoms with Crippen molar-refractivity contribution in [3.8, 4) is 0 Å². The number of hydrogen-bond acceptors (Lipinski definition) is 3. The fraction of sp³-hybridized carbons (Fsp3) is 0.316. The van der Waals surface area contributed by atoms with Gasteiger partial charge in [0.15, 0.2) is 0 Å². The van der Waals surface area contributed by atoms with Crippen LogP contribution in [0.25, 0.3) is 0 Å². The van der Waals surface area contributed by atoms with Crippen molar-refractivity contribution in [2.75, 3.05) is 13.1 Å². The number of nitrogens with two attached hydrogens (primary N) is 1. The number of nitrogens with zero attached hydrogens (tertiary/aromatic N) is 1. The summed E-state index contributed by atoms with van der Waals surface area (Å²) in [4.78, 5) is 12.1. The number of hydrogen-bond donors (Lipinski definition) is 1. The molecule has 1 fully saturated rings. The standard InChI is InChI=1S/C19H22N2O3S/c20-19(22)16-10-7-11-18(17(16)14-15-8-3-1-4-9-15)25(23,24)21-12-5-2-6-13-21/h1,3-4,7-11H,2,5-6,12-14H2,(H2,20,22). The van der Waals surface area contributed by atoms with Crippen LogP contribution >= 0.6 is 0 Å². The maximum absolute atomic E-state index is 13.1. The molecule has 0 saturated carbocycles. The molecular formula is C19H22N2O3S. The van der Waals surface area contributed by atoms with Crippen molar-refractivity contribution in [1.29, 1.82) is 0 Å². The molecule has 0 radical (unpaired) electrons. The van der Waals surface area contributed by atoms with Gasteiger partial charge in [-0.25, -0.2) is 8.42 Å². The molecule has 1 saturated heterocycles. The molecule has 2 aromatic carbocycles. The SMILES string of the molecule is NC(=O)c1cccc(S(=O)(=O)N2CCCCC2)c1Cc1ccccc1. The zero-order valence-corrected chi connectivity index (χ0v) is 14.8. The van der Waals surface area contributed by atoms with Crippen molar-refractivity contribution in [2.24, 2.45) is 5.73 Å². The van der Waals surface area contributed by atoms with E-state index in [1.165, 1.54) is 4.31 Å². The van der Waals surface area contributed by atoms with Crippen molar-refractivity contribution in [3.05, 3.63) is 65.2 Å². The summed E-state index contributed by atoms with van der Waals surface area (Å²) in [5.74, 6) is -0.610. The molecule has 132 valence electrons. The van der Waals surface area contributed by atoms with E-state index in [1.807, 2.05) is 30.3 Å². The van der Waals surface area contributed by atoms with Crippen LogP contribution in [0.2, 0.25) is 0 Å². The molecule has 2 N–H and O–H groups in total. The third kappa shape index (κ3) is 3.75. The quantitative estimate of drug-likeness (QED) is 0.892. The molecule has 0 aliphatic carbocycles. The Kier molecular flexibility index (Phi) is 5.20. The molecule has 0 bridgehead atoms. The molecular weight excluding hydrogens is 336 g/mol. The summed E-state index contributed by atoms with van der Waals surface area (Å²) in [5.41, 5.74) is 7.19. The normalized spacial score (nSPS) is 15.8. The van der Waals surface area contributed by atoms with Crippen molar-refractivity contribution >= 4 is 15.9 Å². The molecule has 1 aliphatic rings. The van der Waals surface area contributed by atoms with Crippen LogP contribution in [0, 0.1) is 0 Å². The summed E-state index contributed by atoms with van der Waals surface area (Å²) in [7, 11) is -3.64. The van der Waals surface area contributed by atoms with Gasteiger partial charge in [0.05, 0.1) is 4.90 Å². The van der Waals surface area contributed by atoms with Gasteiger partial charge in [-0.1, -0.05) is 42.8 Å². The molecule has 0 aromatic heterocycles. The van der Waals surface area contributed by atoms with Crippen molar-refractivity contribution in [3.63, 3.8) is 0 Å². The number of carbonyl (C=O) groups excluding carboxylic acids is 1. The third-order valence-electron chi connectivity index (χ3n) is 4.56. The Morgan fingerprint density at radius 2 is 1.64 bits per heavy atom. The summed E-state index contributed by atoms with van der Waals surface area (Å²) in [6.07, 6.45) is 3.12. The monoisotopic (exact) mass is 358 g/mol. The first kappa shape index (κ1) is 17.6. The average molecular weight is 358 g/mol. The van der Waals surface area contributed by atoms with E-state index in [4.69, 9.17) is 5.73 Å². The van der Waals surface area contributed by atoms with E-state index in [2.05, 4.69) is 0 Å². The largest absolute Gasteiger partial charge is 0.366 e. The lowest BCUT2D eigenvalue weighted by Gasteiger charge is -2.27. The smallest absolute Gasteiger partial charge is 0.249 e. The molecule has 0 atom stereocenters. The lowest BCUT2D eigenvalue weighted by Crippen LogP contribution is -2.36. The summed E-state index contributed by atoms with van der Waals surface area (Å²) in [6.45, 7) is 1.04. The molecule has 1 heterocycles. The minimum Gasteiger partial charge on any atom is -0.366 e. The van der Waals surface area contributed by atoms with Gasteiger partial charge in [-0.3, -0.25) is 4.79 Å². The van der Waals surface area contributed by atoms with E-state index in [-0.39, 0.29) is 10.5 Å². The first-order valence-electron chi connectivity index (χ1n) is 8.46. The fourth-order valence-electron chi connectivity index (χ4n) is 3.26. The fourth-order valence-corrected chi connectivity index (χ4v) is 5.03. The second kappa shape index (κ2) is 7.37. The Morgan fingerprint density at radius 3 is 2.28 bits per heavy atom. The van der Waals surface area contributed by atoms with E-state index in [1.54, 1.807) is 18.2 Å². The topological polar surface area (TPSA) is 80.5 Å². The molecule has 0 unspecified atom stereocenters. The van der Waals surface area contributed by atoms with Gasteiger partial charge in [0.25, 0.3) is 0 Å². The summed E-state index contributed by atoms with van der Waals surface area (Å²) < 4.78 is 27.8. The van der Waals surface area contributed by atoms with Crippen LogP contribution in [0.3, 0.4) is 0 Å². The Morgan fingerprint density at radius 1 is 0.960 bits per heavy atom. The maximum atomic E-state index is 13.1. The number of carbonyl (C=O) groups is 1. The first-order valence-corrected chi connectivity index (χ1v) is 9.90. The van der Waals surface area contributed by atoms with Gasteiger partial charge >= 0.3 is 0 Å². The highest BCUT2D eigenvalue weighted by Gasteiger charge is 2.29. The molecule has 0 spiro atoms. The Balaban J connectivity index is 2.09.